The summed E-state index contributed by atoms with van der Waals surface area (Å²) in [7, 11) is -2.08. The van der Waals surface area contributed by atoms with Gasteiger partial charge in [-0.3, -0.25) is 0 Å². The van der Waals surface area contributed by atoms with Crippen molar-refractivity contribution in [3.63, 3.8) is 0 Å². The van der Waals surface area contributed by atoms with Crippen LogP contribution in [0.15, 0.2) is 45.1 Å². The lowest BCUT2D eigenvalue weighted by Crippen LogP contribution is -2.28. The number of sulfonamides is 1. The first-order valence-corrected chi connectivity index (χ1v) is 10.2. The molecule has 0 amide bonds. The molecule has 0 aliphatic rings. The van der Waals surface area contributed by atoms with Gasteiger partial charge in [0.2, 0.25) is 0 Å². The van der Waals surface area contributed by atoms with E-state index in [1.54, 1.807) is 24.3 Å². The lowest BCUT2D eigenvalue weighted by atomic mass is 10.2. The fourth-order valence-electron chi connectivity index (χ4n) is 2.07. The summed E-state index contributed by atoms with van der Waals surface area (Å²) in [6, 6.07) is 10.2. The number of thiophene rings is 1. The number of rotatable bonds is 6. The summed E-state index contributed by atoms with van der Waals surface area (Å²) >= 11 is 12.9. The van der Waals surface area contributed by atoms with Gasteiger partial charge in [-0.05, 0) is 24.3 Å². The molecule has 0 aliphatic carbocycles. The SMILES string of the molecule is CN(CCc1noc(-c2ccccc2Cl)n1)S(=O)(=O)c1ccc(Cl)s1. The Kier molecular flexibility index (Phi) is 5.45. The fourth-order valence-corrected chi connectivity index (χ4v) is 5.15. The quantitative estimate of drug-likeness (QED) is 0.606. The van der Waals surface area contributed by atoms with E-state index >= 15 is 0 Å². The molecule has 0 fully saturated rings. The van der Waals surface area contributed by atoms with Crippen LogP contribution in [-0.2, 0) is 16.4 Å². The normalized spacial score (nSPS) is 12.0. The molecule has 25 heavy (non-hydrogen) atoms. The molecule has 132 valence electrons. The van der Waals surface area contributed by atoms with Crippen LogP contribution in [0, 0.1) is 0 Å². The van der Waals surface area contributed by atoms with Crippen molar-refractivity contribution in [2.45, 2.75) is 10.6 Å². The summed E-state index contributed by atoms with van der Waals surface area (Å²) in [6.45, 7) is 0.208. The molecule has 0 spiro atoms. The van der Waals surface area contributed by atoms with Crippen LogP contribution in [0.2, 0.25) is 9.36 Å². The van der Waals surface area contributed by atoms with Gasteiger partial charge in [0, 0.05) is 20.0 Å². The highest BCUT2D eigenvalue weighted by Crippen LogP contribution is 2.28. The molecule has 3 aromatic rings. The molecular formula is C15H13Cl2N3O3S2. The molecule has 10 heteroatoms. The Labute approximate surface area is 159 Å². The second kappa shape index (κ2) is 7.43. The Balaban J connectivity index is 1.69. The predicted molar refractivity (Wildman–Crippen MR) is 97.6 cm³/mol. The standard InChI is InChI=1S/C15H13Cl2N3O3S2/c1-20(25(21,22)14-7-6-12(17)24-14)9-8-13-18-15(23-19-13)10-4-2-3-5-11(10)16/h2-7H,8-9H2,1H3. The van der Waals surface area contributed by atoms with Crippen LogP contribution < -0.4 is 0 Å². The maximum atomic E-state index is 12.4. The van der Waals surface area contributed by atoms with Crippen molar-refractivity contribution >= 4 is 44.6 Å². The molecule has 0 radical (unpaired) electrons. The third kappa shape index (κ3) is 4.04. The van der Waals surface area contributed by atoms with Gasteiger partial charge in [0.05, 0.1) is 14.9 Å². The van der Waals surface area contributed by atoms with Crippen LogP contribution in [0.4, 0.5) is 0 Å². The Bertz CT molecular complexity index is 985. The largest absolute Gasteiger partial charge is 0.334 e. The zero-order valence-electron chi connectivity index (χ0n) is 13.0. The maximum absolute atomic E-state index is 12.4. The first-order valence-electron chi connectivity index (χ1n) is 7.17. The van der Waals surface area contributed by atoms with Crippen molar-refractivity contribution in [1.82, 2.24) is 14.4 Å². The van der Waals surface area contributed by atoms with Crippen molar-refractivity contribution < 1.29 is 12.9 Å². The summed E-state index contributed by atoms with van der Waals surface area (Å²) in [4.78, 5) is 4.27. The van der Waals surface area contributed by atoms with E-state index in [-0.39, 0.29) is 10.8 Å². The fraction of sp³-hybridized carbons (Fsp3) is 0.200. The second-order valence-corrected chi connectivity index (χ2v) is 9.52. The van der Waals surface area contributed by atoms with E-state index in [0.29, 0.717) is 33.1 Å². The summed E-state index contributed by atoms with van der Waals surface area (Å²) < 4.78 is 31.9. The molecule has 0 N–H and O–H groups in total. The molecular weight excluding hydrogens is 405 g/mol. The van der Waals surface area contributed by atoms with Gasteiger partial charge in [0.15, 0.2) is 5.82 Å². The number of benzene rings is 1. The average Bonchev–Trinajstić information content (AvgIpc) is 3.22. The molecule has 3 rings (SSSR count). The van der Waals surface area contributed by atoms with Gasteiger partial charge in [-0.2, -0.15) is 9.29 Å². The van der Waals surface area contributed by atoms with Crippen LogP contribution in [0.25, 0.3) is 11.5 Å². The number of nitrogens with zero attached hydrogens (tertiary/aromatic N) is 3. The molecule has 1 aromatic carbocycles. The minimum absolute atomic E-state index is 0.199. The Morgan fingerprint density at radius 3 is 2.64 bits per heavy atom. The summed E-state index contributed by atoms with van der Waals surface area (Å²) in [5.74, 6) is 0.706. The number of halogens is 2. The predicted octanol–water partition coefficient (Wildman–Crippen LogP) is 3.97. The minimum atomic E-state index is -3.58. The molecule has 0 saturated carbocycles. The van der Waals surface area contributed by atoms with E-state index in [1.165, 1.54) is 17.4 Å². The molecule has 6 nitrogen and oxygen atoms in total. The molecule has 0 aliphatic heterocycles. The molecule has 2 aromatic heterocycles. The number of likely N-dealkylation sites (N-methyl/N-ethyl adjacent to an activating group) is 1. The first kappa shape index (κ1) is 18.3. The van der Waals surface area contributed by atoms with Gasteiger partial charge < -0.3 is 4.52 Å². The van der Waals surface area contributed by atoms with Gasteiger partial charge in [0.25, 0.3) is 15.9 Å². The smallest absolute Gasteiger partial charge is 0.259 e. The summed E-state index contributed by atoms with van der Waals surface area (Å²) in [5, 5.41) is 4.39. The number of aromatic nitrogens is 2. The van der Waals surface area contributed by atoms with E-state index in [4.69, 9.17) is 27.7 Å². The van der Waals surface area contributed by atoms with E-state index < -0.39 is 10.0 Å². The van der Waals surface area contributed by atoms with Gasteiger partial charge in [-0.1, -0.05) is 40.5 Å². The van der Waals surface area contributed by atoms with Crippen LogP contribution in [0.1, 0.15) is 5.82 Å². The van der Waals surface area contributed by atoms with Crippen LogP contribution in [0.5, 0.6) is 0 Å². The third-order valence-electron chi connectivity index (χ3n) is 3.44. The number of hydrogen-bond donors (Lipinski definition) is 0. The Morgan fingerprint density at radius 2 is 1.96 bits per heavy atom. The minimum Gasteiger partial charge on any atom is -0.334 e. The zero-order chi connectivity index (χ0) is 18.0. The van der Waals surface area contributed by atoms with E-state index in [2.05, 4.69) is 10.1 Å². The highest BCUT2D eigenvalue weighted by atomic mass is 35.5. The highest BCUT2D eigenvalue weighted by Gasteiger charge is 2.23. The van der Waals surface area contributed by atoms with Crippen LogP contribution >= 0.6 is 34.5 Å². The monoisotopic (exact) mass is 417 g/mol. The van der Waals surface area contributed by atoms with Crippen molar-refractivity contribution in [3.05, 3.63) is 51.6 Å². The molecule has 0 saturated heterocycles. The van der Waals surface area contributed by atoms with Crippen LogP contribution in [0.3, 0.4) is 0 Å². The number of hydrogen-bond acceptors (Lipinski definition) is 6. The lowest BCUT2D eigenvalue weighted by Gasteiger charge is -2.14. The highest BCUT2D eigenvalue weighted by molar-refractivity contribution is 7.91. The zero-order valence-corrected chi connectivity index (χ0v) is 16.2. The van der Waals surface area contributed by atoms with Crippen molar-refractivity contribution in [1.29, 1.82) is 0 Å². The van der Waals surface area contributed by atoms with Crippen molar-refractivity contribution in [3.8, 4) is 11.5 Å². The summed E-state index contributed by atoms with van der Waals surface area (Å²) in [5.41, 5.74) is 0.636. The van der Waals surface area contributed by atoms with Crippen LogP contribution in [-0.4, -0.2) is 36.5 Å². The van der Waals surface area contributed by atoms with Gasteiger partial charge in [-0.15, -0.1) is 11.3 Å². The van der Waals surface area contributed by atoms with Gasteiger partial charge in [-0.25, -0.2) is 8.42 Å². The first-order chi connectivity index (χ1) is 11.9. The average molecular weight is 418 g/mol. The topological polar surface area (TPSA) is 76.3 Å². The molecule has 0 unspecified atom stereocenters. The summed E-state index contributed by atoms with van der Waals surface area (Å²) in [6.07, 6.45) is 0.308. The van der Waals surface area contributed by atoms with Crippen molar-refractivity contribution in [2.24, 2.45) is 0 Å². The van der Waals surface area contributed by atoms with E-state index in [1.807, 2.05) is 6.07 Å². The lowest BCUT2D eigenvalue weighted by molar-refractivity contribution is 0.415. The Hall–Kier alpha value is -1.45. The second-order valence-electron chi connectivity index (χ2n) is 5.13. The van der Waals surface area contributed by atoms with E-state index in [0.717, 1.165) is 11.3 Å². The third-order valence-corrected chi connectivity index (χ3v) is 7.32. The molecule has 2 heterocycles. The maximum Gasteiger partial charge on any atom is 0.259 e. The van der Waals surface area contributed by atoms with Crippen molar-refractivity contribution in [2.75, 3.05) is 13.6 Å². The molecule has 0 atom stereocenters. The Morgan fingerprint density at radius 1 is 1.20 bits per heavy atom. The molecule has 0 bridgehead atoms. The van der Waals surface area contributed by atoms with E-state index in [9.17, 15) is 8.42 Å². The van der Waals surface area contributed by atoms with Gasteiger partial charge >= 0.3 is 0 Å². The van der Waals surface area contributed by atoms with Gasteiger partial charge in [0.1, 0.15) is 4.21 Å².